The van der Waals surface area contributed by atoms with Gasteiger partial charge in [0.05, 0.1) is 5.25 Å². The quantitative estimate of drug-likeness (QED) is 0.624. The molecular formula is C18H36O3S. The lowest BCUT2D eigenvalue weighted by Crippen LogP contribution is -2.29. The topological polar surface area (TPSA) is 54.4 Å². The fourth-order valence-electron chi connectivity index (χ4n) is 4.47. The van der Waals surface area contributed by atoms with Gasteiger partial charge in [-0.1, -0.05) is 34.6 Å². The Labute approximate surface area is 138 Å². The average molecular weight is 333 g/mol. The van der Waals surface area contributed by atoms with Crippen molar-refractivity contribution in [3.8, 4) is 0 Å². The molecule has 22 heavy (non-hydrogen) atoms. The van der Waals surface area contributed by atoms with Gasteiger partial charge in [0.15, 0.2) is 0 Å². The van der Waals surface area contributed by atoms with Gasteiger partial charge in [0, 0.05) is 0 Å². The highest BCUT2D eigenvalue weighted by Gasteiger charge is 2.31. The maximum absolute atomic E-state index is 11.2. The third-order valence-corrected chi connectivity index (χ3v) is 6.71. The van der Waals surface area contributed by atoms with Crippen LogP contribution in [0.25, 0.3) is 0 Å². The predicted octanol–water partition coefficient (Wildman–Crippen LogP) is 5.17. The van der Waals surface area contributed by atoms with E-state index in [2.05, 4.69) is 34.6 Å². The summed E-state index contributed by atoms with van der Waals surface area (Å²) in [5, 5.41) is -0.514. The van der Waals surface area contributed by atoms with Crippen molar-refractivity contribution < 1.29 is 13.0 Å². The Kier molecular flexibility index (Phi) is 7.87. The van der Waals surface area contributed by atoms with Crippen LogP contribution in [-0.2, 0) is 10.1 Å². The lowest BCUT2D eigenvalue weighted by atomic mass is 9.76. The summed E-state index contributed by atoms with van der Waals surface area (Å²) in [7, 11) is -3.83. The molecule has 0 heterocycles. The molecule has 0 aromatic heterocycles. The highest BCUT2D eigenvalue weighted by atomic mass is 32.2. The second kappa shape index (κ2) is 8.68. The molecule has 1 aliphatic carbocycles. The van der Waals surface area contributed by atoms with Crippen molar-refractivity contribution in [3.63, 3.8) is 0 Å². The van der Waals surface area contributed by atoms with Gasteiger partial charge in [-0.05, 0) is 74.5 Å². The summed E-state index contributed by atoms with van der Waals surface area (Å²) in [5.41, 5.74) is 0. The minimum Gasteiger partial charge on any atom is -0.285 e. The summed E-state index contributed by atoms with van der Waals surface area (Å²) < 4.78 is 31.6. The van der Waals surface area contributed by atoms with Crippen LogP contribution in [0.2, 0.25) is 0 Å². The fraction of sp³-hybridized carbons (Fsp3) is 1.00. The Morgan fingerprint density at radius 3 is 1.82 bits per heavy atom. The molecule has 3 nitrogen and oxygen atoms in total. The molecule has 0 aromatic carbocycles. The van der Waals surface area contributed by atoms with Crippen molar-refractivity contribution in [2.75, 3.05) is 0 Å². The van der Waals surface area contributed by atoms with Crippen LogP contribution < -0.4 is 0 Å². The van der Waals surface area contributed by atoms with Crippen LogP contribution in [-0.4, -0.2) is 18.2 Å². The standard InChI is InChI=1S/C18H36O3S/c1-13(2)10-14(3)11-15(4)12-16(5)17-6-8-18(9-7-17)22(19,20)21/h13-18H,6-12H2,1-5H3,(H,19,20,21). The van der Waals surface area contributed by atoms with Gasteiger partial charge in [0.1, 0.15) is 0 Å². The van der Waals surface area contributed by atoms with E-state index < -0.39 is 15.4 Å². The van der Waals surface area contributed by atoms with E-state index in [1.807, 2.05) is 0 Å². The van der Waals surface area contributed by atoms with E-state index >= 15 is 0 Å². The van der Waals surface area contributed by atoms with Gasteiger partial charge >= 0.3 is 0 Å². The molecule has 0 spiro atoms. The van der Waals surface area contributed by atoms with Gasteiger partial charge in [0.2, 0.25) is 0 Å². The zero-order valence-electron chi connectivity index (χ0n) is 15.1. The van der Waals surface area contributed by atoms with E-state index in [-0.39, 0.29) is 0 Å². The second-order valence-corrected chi connectivity index (χ2v) is 10.0. The molecule has 0 radical (unpaired) electrons. The third-order valence-electron chi connectivity index (χ3n) is 5.40. The van der Waals surface area contributed by atoms with Gasteiger partial charge in [-0.25, -0.2) is 0 Å². The molecule has 0 bridgehead atoms. The zero-order chi connectivity index (χ0) is 16.9. The van der Waals surface area contributed by atoms with Gasteiger partial charge in [0.25, 0.3) is 10.1 Å². The molecule has 4 heteroatoms. The van der Waals surface area contributed by atoms with E-state index in [1.54, 1.807) is 0 Å². The summed E-state index contributed by atoms with van der Waals surface area (Å²) in [6.45, 7) is 11.6. The molecule has 0 aliphatic heterocycles. The van der Waals surface area contributed by atoms with E-state index in [4.69, 9.17) is 4.55 Å². The molecule has 1 rings (SSSR count). The predicted molar refractivity (Wildman–Crippen MR) is 93.5 cm³/mol. The smallest absolute Gasteiger partial charge is 0.267 e. The van der Waals surface area contributed by atoms with Crippen LogP contribution in [0.5, 0.6) is 0 Å². The number of hydrogen-bond acceptors (Lipinski definition) is 2. The van der Waals surface area contributed by atoms with E-state index in [1.165, 1.54) is 19.3 Å². The third kappa shape index (κ3) is 6.99. The molecule has 3 atom stereocenters. The summed E-state index contributed by atoms with van der Waals surface area (Å²) in [4.78, 5) is 0. The Balaban J connectivity index is 2.35. The first-order valence-electron chi connectivity index (χ1n) is 9.05. The van der Waals surface area contributed by atoms with Crippen molar-refractivity contribution in [2.24, 2.45) is 29.6 Å². The Morgan fingerprint density at radius 2 is 1.36 bits per heavy atom. The largest absolute Gasteiger partial charge is 0.285 e. The van der Waals surface area contributed by atoms with Gasteiger partial charge in [-0.2, -0.15) is 8.42 Å². The van der Waals surface area contributed by atoms with Crippen molar-refractivity contribution >= 4 is 10.1 Å². The molecule has 132 valence electrons. The van der Waals surface area contributed by atoms with Crippen LogP contribution in [0, 0.1) is 29.6 Å². The van der Waals surface area contributed by atoms with Crippen molar-refractivity contribution in [1.82, 2.24) is 0 Å². The minimum atomic E-state index is -3.83. The highest BCUT2D eigenvalue weighted by Crippen LogP contribution is 2.36. The maximum atomic E-state index is 11.2. The molecule has 0 saturated heterocycles. The first-order chi connectivity index (χ1) is 10.1. The first kappa shape index (κ1) is 20.0. The van der Waals surface area contributed by atoms with E-state index in [9.17, 15) is 8.42 Å². The van der Waals surface area contributed by atoms with Gasteiger partial charge in [-0.3, -0.25) is 4.55 Å². The zero-order valence-corrected chi connectivity index (χ0v) is 15.9. The molecule has 3 unspecified atom stereocenters. The Hall–Kier alpha value is -0.0900. The SMILES string of the molecule is CC(C)CC(C)CC(C)CC(C)C1CCC(S(=O)(=O)O)CC1. The van der Waals surface area contributed by atoms with Crippen LogP contribution in [0.1, 0.15) is 79.6 Å². The second-order valence-electron chi connectivity index (χ2n) is 8.34. The van der Waals surface area contributed by atoms with Crippen LogP contribution >= 0.6 is 0 Å². The van der Waals surface area contributed by atoms with Crippen molar-refractivity contribution in [3.05, 3.63) is 0 Å². The van der Waals surface area contributed by atoms with Crippen molar-refractivity contribution in [2.45, 2.75) is 84.8 Å². The molecule has 1 aliphatic rings. The summed E-state index contributed by atoms with van der Waals surface area (Å²) >= 11 is 0. The number of hydrogen-bond donors (Lipinski definition) is 1. The van der Waals surface area contributed by atoms with Crippen LogP contribution in [0.4, 0.5) is 0 Å². The Bertz CT molecular complexity index is 408. The maximum Gasteiger partial charge on any atom is 0.267 e. The lowest BCUT2D eigenvalue weighted by molar-refractivity contribution is 0.214. The average Bonchev–Trinajstić information content (AvgIpc) is 2.36. The van der Waals surface area contributed by atoms with Crippen molar-refractivity contribution in [1.29, 1.82) is 0 Å². The number of rotatable bonds is 8. The monoisotopic (exact) mass is 332 g/mol. The summed E-state index contributed by atoms with van der Waals surface area (Å²) in [5.74, 6) is 3.58. The first-order valence-corrected chi connectivity index (χ1v) is 10.6. The Morgan fingerprint density at radius 1 is 0.864 bits per heavy atom. The minimum absolute atomic E-state index is 0.514. The molecule has 1 saturated carbocycles. The van der Waals surface area contributed by atoms with Gasteiger partial charge in [-0.15, -0.1) is 0 Å². The summed E-state index contributed by atoms with van der Waals surface area (Å²) in [6, 6.07) is 0. The highest BCUT2D eigenvalue weighted by molar-refractivity contribution is 7.86. The van der Waals surface area contributed by atoms with E-state index in [0.717, 1.165) is 30.6 Å². The fourth-order valence-corrected chi connectivity index (χ4v) is 5.33. The van der Waals surface area contributed by atoms with Crippen LogP contribution in [0.15, 0.2) is 0 Å². The molecular weight excluding hydrogens is 296 g/mol. The van der Waals surface area contributed by atoms with Crippen LogP contribution in [0.3, 0.4) is 0 Å². The normalized spacial score (nSPS) is 27.6. The molecule has 0 amide bonds. The van der Waals surface area contributed by atoms with Gasteiger partial charge < -0.3 is 0 Å². The molecule has 1 fully saturated rings. The molecule has 0 aromatic rings. The van der Waals surface area contributed by atoms with E-state index in [0.29, 0.717) is 24.7 Å². The lowest BCUT2D eigenvalue weighted by Gasteiger charge is -2.32. The summed E-state index contributed by atoms with van der Waals surface area (Å²) in [6.07, 6.45) is 6.99. The molecule has 1 N–H and O–H groups in total.